The van der Waals surface area contributed by atoms with Gasteiger partial charge in [-0.2, -0.15) is 13.2 Å². The molecule has 1 aromatic carbocycles. The van der Waals surface area contributed by atoms with Crippen molar-refractivity contribution in [3.63, 3.8) is 0 Å². The lowest BCUT2D eigenvalue weighted by Crippen LogP contribution is -2.32. The van der Waals surface area contributed by atoms with E-state index < -0.39 is 27.5 Å². The molecule has 1 fully saturated rings. The summed E-state index contributed by atoms with van der Waals surface area (Å²) in [5.41, 5.74) is 0.762. The second kappa shape index (κ2) is 8.66. The zero-order valence-electron chi connectivity index (χ0n) is 16.0. The van der Waals surface area contributed by atoms with E-state index in [2.05, 4.69) is 19.6 Å². The molecule has 2 aromatic rings. The maximum absolute atomic E-state index is 12.6. The molecule has 1 aromatic heterocycles. The number of halogens is 3. The number of nitrogens with zero attached hydrogens (tertiary/aromatic N) is 3. The van der Waals surface area contributed by atoms with E-state index in [0.717, 1.165) is 43.8 Å². The average Bonchev–Trinajstić information content (AvgIpc) is 2.66. The smallest absolute Gasteiger partial charge is 0.341 e. The van der Waals surface area contributed by atoms with Crippen LogP contribution in [0.25, 0.3) is 0 Å². The monoisotopic (exact) mass is 428 g/mol. The maximum Gasteiger partial charge on any atom is 0.416 e. The number of aryl methyl sites for hydroxylation is 1. The summed E-state index contributed by atoms with van der Waals surface area (Å²) in [6, 6.07) is 5.82. The van der Waals surface area contributed by atoms with Crippen molar-refractivity contribution in [2.24, 2.45) is 0 Å². The van der Waals surface area contributed by atoms with Gasteiger partial charge < -0.3 is 4.90 Å². The Morgan fingerprint density at radius 3 is 2.34 bits per heavy atom. The Hall–Kier alpha value is -2.20. The molecule has 29 heavy (non-hydrogen) atoms. The van der Waals surface area contributed by atoms with Gasteiger partial charge in [-0.25, -0.2) is 23.1 Å². The van der Waals surface area contributed by atoms with Gasteiger partial charge in [0.25, 0.3) is 0 Å². The summed E-state index contributed by atoms with van der Waals surface area (Å²) < 4.78 is 65.0. The zero-order chi connectivity index (χ0) is 21.1. The molecule has 2 heterocycles. The lowest BCUT2D eigenvalue weighted by atomic mass is 10.1. The Labute approximate surface area is 168 Å². The molecule has 3 rings (SSSR count). The number of sulfonamides is 1. The lowest BCUT2D eigenvalue weighted by Gasteiger charge is -2.27. The van der Waals surface area contributed by atoms with Crippen molar-refractivity contribution in [2.75, 3.05) is 18.0 Å². The maximum atomic E-state index is 12.6. The van der Waals surface area contributed by atoms with Crippen molar-refractivity contribution in [3.8, 4) is 0 Å². The molecule has 0 bridgehead atoms. The van der Waals surface area contributed by atoms with Crippen molar-refractivity contribution in [3.05, 3.63) is 52.8 Å². The number of alkyl halides is 3. The minimum atomic E-state index is -4.45. The fourth-order valence-corrected chi connectivity index (χ4v) is 4.29. The topological polar surface area (TPSA) is 75.2 Å². The predicted octanol–water partition coefficient (Wildman–Crippen LogP) is 3.41. The third-order valence-corrected chi connectivity index (χ3v) is 5.94. The summed E-state index contributed by atoms with van der Waals surface area (Å²) in [4.78, 5) is 11.0. The van der Waals surface area contributed by atoms with Gasteiger partial charge in [0.2, 0.25) is 16.0 Å². The molecule has 0 unspecified atom stereocenters. The first-order valence-corrected chi connectivity index (χ1v) is 11.0. The first-order chi connectivity index (χ1) is 13.6. The van der Waals surface area contributed by atoms with Crippen molar-refractivity contribution >= 4 is 16.0 Å². The van der Waals surface area contributed by atoms with Crippen LogP contribution in [0.1, 0.15) is 41.8 Å². The molecule has 0 amide bonds. The molecule has 0 spiro atoms. The van der Waals surface area contributed by atoms with Crippen molar-refractivity contribution in [1.82, 2.24) is 14.7 Å². The van der Waals surface area contributed by atoms with Gasteiger partial charge in [-0.05, 0) is 49.9 Å². The van der Waals surface area contributed by atoms with Crippen molar-refractivity contribution < 1.29 is 21.6 Å². The van der Waals surface area contributed by atoms with E-state index in [1.54, 1.807) is 6.07 Å². The molecule has 1 aliphatic rings. The largest absolute Gasteiger partial charge is 0.416 e. The summed E-state index contributed by atoms with van der Waals surface area (Å²) in [5, 5.41) is 0. The minimum absolute atomic E-state index is 0.00678. The standard InChI is InChI=1S/C19H23F3N4O2S/c1-14-11-17(25-18(24-14)26-9-3-2-4-10-26)12-23-29(27,28)13-15-5-7-16(8-6-15)19(20,21)22/h5-8,11,23H,2-4,9-10,12-13H2,1H3. The van der Waals surface area contributed by atoms with Crippen LogP contribution in [0, 0.1) is 6.92 Å². The van der Waals surface area contributed by atoms with E-state index in [1.165, 1.54) is 18.6 Å². The van der Waals surface area contributed by atoms with Crippen LogP contribution in [-0.4, -0.2) is 31.5 Å². The van der Waals surface area contributed by atoms with E-state index >= 15 is 0 Å². The van der Waals surface area contributed by atoms with Gasteiger partial charge in [-0.15, -0.1) is 0 Å². The first-order valence-electron chi connectivity index (χ1n) is 9.35. The third kappa shape index (κ3) is 6.14. The first kappa shape index (κ1) is 21.5. The van der Waals surface area contributed by atoms with Crippen LogP contribution < -0.4 is 9.62 Å². The van der Waals surface area contributed by atoms with Crippen LogP contribution >= 0.6 is 0 Å². The van der Waals surface area contributed by atoms with Crippen LogP contribution in [0.2, 0.25) is 0 Å². The number of aromatic nitrogens is 2. The predicted molar refractivity (Wildman–Crippen MR) is 104 cm³/mol. The number of benzene rings is 1. The second-order valence-corrected chi connectivity index (χ2v) is 8.93. The molecule has 10 heteroatoms. The second-order valence-electron chi connectivity index (χ2n) is 7.12. The van der Waals surface area contributed by atoms with Crippen LogP contribution in [0.15, 0.2) is 30.3 Å². The van der Waals surface area contributed by atoms with Gasteiger partial charge in [-0.1, -0.05) is 12.1 Å². The van der Waals surface area contributed by atoms with Crippen molar-refractivity contribution in [2.45, 2.75) is 44.7 Å². The fourth-order valence-electron chi connectivity index (χ4n) is 3.19. The number of rotatable bonds is 6. The SMILES string of the molecule is Cc1cc(CNS(=O)(=O)Cc2ccc(C(F)(F)F)cc2)nc(N2CCCCC2)n1. The van der Waals surface area contributed by atoms with Gasteiger partial charge in [0, 0.05) is 18.8 Å². The summed E-state index contributed by atoms with van der Waals surface area (Å²) >= 11 is 0. The summed E-state index contributed by atoms with van der Waals surface area (Å²) in [5.74, 6) is 0.190. The molecule has 1 aliphatic heterocycles. The van der Waals surface area contributed by atoms with Gasteiger partial charge in [-0.3, -0.25) is 0 Å². The molecule has 6 nitrogen and oxygen atoms in total. The molecule has 0 radical (unpaired) electrons. The molecule has 0 atom stereocenters. The zero-order valence-corrected chi connectivity index (χ0v) is 16.9. The Kier molecular flexibility index (Phi) is 6.42. The number of piperidine rings is 1. The van der Waals surface area contributed by atoms with E-state index in [0.29, 0.717) is 11.6 Å². The summed E-state index contributed by atoms with van der Waals surface area (Å²) in [6.07, 6.45) is -1.12. The highest BCUT2D eigenvalue weighted by atomic mass is 32.2. The van der Waals surface area contributed by atoms with Crippen LogP contribution in [0.3, 0.4) is 0 Å². The molecule has 1 N–H and O–H groups in total. The van der Waals surface area contributed by atoms with E-state index in [9.17, 15) is 21.6 Å². The summed E-state index contributed by atoms with van der Waals surface area (Å²) in [7, 11) is -3.74. The fraction of sp³-hybridized carbons (Fsp3) is 0.474. The normalized spacial score (nSPS) is 15.5. The van der Waals surface area contributed by atoms with Crippen LogP contribution in [0.5, 0.6) is 0 Å². The molecular formula is C19H23F3N4O2S. The van der Waals surface area contributed by atoms with Crippen LogP contribution in [-0.2, 0) is 28.5 Å². The number of hydrogen-bond donors (Lipinski definition) is 1. The Bertz CT molecular complexity index is 941. The highest BCUT2D eigenvalue weighted by Crippen LogP contribution is 2.29. The molecule has 158 valence electrons. The Morgan fingerprint density at radius 1 is 1.07 bits per heavy atom. The molecular weight excluding hydrogens is 405 g/mol. The van der Waals surface area contributed by atoms with Gasteiger partial charge in [0.15, 0.2) is 0 Å². The highest BCUT2D eigenvalue weighted by Gasteiger charge is 2.30. The molecule has 0 aliphatic carbocycles. The lowest BCUT2D eigenvalue weighted by molar-refractivity contribution is -0.137. The van der Waals surface area contributed by atoms with E-state index in [4.69, 9.17) is 0 Å². The Balaban J connectivity index is 1.64. The van der Waals surface area contributed by atoms with Crippen LogP contribution in [0.4, 0.5) is 19.1 Å². The molecule has 1 saturated heterocycles. The van der Waals surface area contributed by atoms with Gasteiger partial charge in [0.05, 0.1) is 23.6 Å². The number of anilines is 1. The third-order valence-electron chi connectivity index (χ3n) is 4.65. The molecule has 0 saturated carbocycles. The van der Waals surface area contributed by atoms with Crippen molar-refractivity contribution in [1.29, 1.82) is 0 Å². The highest BCUT2D eigenvalue weighted by molar-refractivity contribution is 7.88. The van der Waals surface area contributed by atoms with E-state index in [-0.39, 0.29) is 12.1 Å². The van der Waals surface area contributed by atoms with Gasteiger partial charge >= 0.3 is 6.18 Å². The van der Waals surface area contributed by atoms with Gasteiger partial charge in [0.1, 0.15) is 0 Å². The van der Waals surface area contributed by atoms with E-state index in [1.807, 2.05) is 6.92 Å². The summed E-state index contributed by atoms with van der Waals surface area (Å²) in [6.45, 7) is 3.58. The number of nitrogens with one attached hydrogen (secondary N) is 1. The number of hydrogen-bond acceptors (Lipinski definition) is 5. The Morgan fingerprint density at radius 2 is 1.72 bits per heavy atom. The minimum Gasteiger partial charge on any atom is -0.341 e. The quantitative estimate of drug-likeness (QED) is 0.763. The average molecular weight is 428 g/mol.